The van der Waals surface area contributed by atoms with Crippen molar-refractivity contribution in [3.05, 3.63) is 0 Å². The molecule has 0 spiro atoms. The summed E-state index contributed by atoms with van der Waals surface area (Å²) in [5.74, 6) is -0.419. The normalized spacial score (nSPS) is 8.12. The summed E-state index contributed by atoms with van der Waals surface area (Å²) in [5, 5.41) is 0. The van der Waals surface area contributed by atoms with Gasteiger partial charge in [-0.2, -0.15) is 0 Å². The molecule has 0 saturated carbocycles. The summed E-state index contributed by atoms with van der Waals surface area (Å²) in [6, 6.07) is 0. The van der Waals surface area contributed by atoms with Crippen LogP contribution in [-0.2, 0) is 13.4 Å². The highest BCUT2D eigenvalue weighted by atomic mass is 79.9. The molecular weight excluding hydrogens is 176 g/mol. The van der Waals surface area contributed by atoms with Gasteiger partial charge in [-0.05, 0) is 0 Å². The summed E-state index contributed by atoms with van der Waals surface area (Å²) < 4.78 is 4.07. The van der Waals surface area contributed by atoms with Crippen LogP contribution in [-0.4, -0.2) is 12.3 Å². The summed E-state index contributed by atoms with van der Waals surface area (Å²) in [5.41, 5.74) is 0. The van der Waals surface area contributed by atoms with Gasteiger partial charge in [-0.15, -0.1) is 0 Å². The monoisotopic (exact) mass is 180 g/mol. The van der Waals surface area contributed by atoms with Crippen molar-refractivity contribution in [2.24, 2.45) is 0 Å². The first-order valence-corrected chi connectivity index (χ1v) is 2.71. The third-order valence-electron chi connectivity index (χ3n) is 0.552. The van der Waals surface area contributed by atoms with E-state index in [4.69, 9.17) is 0 Å². The van der Waals surface area contributed by atoms with Gasteiger partial charge >= 0.3 is 5.97 Å². The van der Waals surface area contributed by atoms with E-state index in [1.165, 1.54) is 0 Å². The largest absolute Gasteiger partial charge is 0.384 e. The van der Waals surface area contributed by atoms with Crippen molar-refractivity contribution >= 4 is 28.5 Å². The van der Waals surface area contributed by atoms with Crippen LogP contribution in [0.15, 0.2) is 0 Å². The second kappa shape index (κ2) is 4.77. The van der Waals surface area contributed by atoms with E-state index in [2.05, 4.69) is 20.1 Å². The lowest BCUT2D eigenvalue weighted by molar-refractivity contribution is -0.133. The summed E-state index contributed by atoms with van der Waals surface area (Å²) in [4.78, 5) is 19.7. The minimum atomic E-state index is -0.419. The molecule has 0 atom stereocenters. The van der Waals surface area contributed by atoms with Crippen LogP contribution >= 0.6 is 16.3 Å². The van der Waals surface area contributed by atoms with Gasteiger partial charge in [0.05, 0.1) is 6.42 Å². The molecular formula is C4H5BrO3. The van der Waals surface area contributed by atoms with Crippen molar-refractivity contribution in [3.8, 4) is 0 Å². The molecule has 0 heterocycles. The van der Waals surface area contributed by atoms with E-state index in [1.807, 2.05) is 0 Å². The third-order valence-corrected chi connectivity index (χ3v) is 0.913. The number of hydrogen-bond acceptors (Lipinski definition) is 3. The molecule has 0 saturated heterocycles. The minimum absolute atomic E-state index is 0.148. The standard InChI is InChI=1S/C4H5BrO3/c5-8-4(7)2-1-3-6/h3H,1-2H2. The topological polar surface area (TPSA) is 43.4 Å². The van der Waals surface area contributed by atoms with E-state index in [9.17, 15) is 9.59 Å². The van der Waals surface area contributed by atoms with Crippen molar-refractivity contribution in [2.45, 2.75) is 12.8 Å². The summed E-state index contributed by atoms with van der Waals surface area (Å²) in [6.45, 7) is 0. The minimum Gasteiger partial charge on any atom is -0.384 e. The Labute approximate surface area is 55.5 Å². The SMILES string of the molecule is O=CCCC(=O)OBr. The van der Waals surface area contributed by atoms with E-state index in [0.717, 1.165) is 0 Å². The molecule has 0 fully saturated rings. The van der Waals surface area contributed by atoms with E-state index < -0.39 is 5.97 Å². The Morgan fingerprint density at radius 2 is 2.38 bits per heavy atom. The van der Waals surface area contributed by atoms with Crippen LogP contribution in [0.5, 0.6) is 0 Å². The molecule has 0 bridgehead atoms. The molecule has 8 heavy (non-hydrogen) atoms. The Hall–Kier alpha value is -0.380. The highest BCUT2D eigenvalue weighted by Gasteiger charge is 1.97. The Bertz CT molecular complexity index is 91.3. The first kappa shape index (κ1) is 7.62. The van der Waals surface area contributed by atoms with Gasteiger partial charge in [0.1, 0.15) is 6.29 Å². The molecule has 0 aliphatic carbocycles. The molecule has 0 N–H and O–H groups in total. The lowest BCUT2D eigenvalue weighted by Gasteiger charge is -1.87. The van der Waals surface area contributed by atoms with Crippen molar-refractivity contribution < 1.29 is 13.4 Å². The summed E-state index contributed by atoms with van der Waals surface area (Å²) in [6.07, 6.45) is 1.04. The molecule has 0 amide bonds. The Morgan fingerprint density at radius 1 is 1.75 bits per heavy atom. The maximum atomic E-state index is 10.1. The second-order valence-electron chi connectivity index (χ2n) is 1.15. The van der Waals surface area contributed by atoms with Gasteiger partial charge < -0.3 is 8.62 Å². The molecule has 0 aromatic carbocycles. The average molecular weight is 181 g/mol. The van der Waals surface area contributed by atoms with E-state index in [1.54, 1.807) is 0 Å². The van der Waals surface area contributed by atoms with Crippen LogP contribution in [0.1, 0.15) is 12.8 Å². The molecule has 0 rings (SSSR count). The molecule has 46 valence electrons. The summed E-state index contributed by atoms with van der Waals surface area (Å²) >= 11 is 2.48. The average Bonchev–Trinajstić information content (AvgIpc) is 1.83. The van der Waals surface area contributed by atoms with Crippen molar-refractivity contribution in [1.29, 1.82) is 0 Å². The van der Waals surface area contributed by atoms with Gasteiger partial charge in [0.25, 0.3) is 0 Å². The van der Waals surface area contributed by atoms with Crippen LogP contribution < -0.4 is 0 Å². The van der Waals surface area contributed by atoms with Gasteiger partial charge in [0.2, 0.25) is 0 Å². The van der Waals surface area contributed by atoms with Gasteiger partial charge in [-0.1, -0.05) is 0 Å². The van der Waals surface area contributed by atoms with Gasteiger partial charge in [0.15, 0.2) is 16.3 Å². The number of carbonyl (C=O) groups excluding carboxylic acids is 2. The van der Waals surface area contributed by atoms with Crippen molar-refractivity contribution in [2.75, 3.05) is 0 Å². The Balaban J connectivity index is 3.11. The zero-order chi connectivity index (χ0) is 6.41. The van der Waals surface area contributed by atoms with Crippen molar-refractivity contribution in [3.63, 3.8) is 0 Å². The Morgan fingerprint density at radius 3 is 2.75 bits per heavy atom. The van der Waals surface area contributed by atoms with Gasteiger partial charge in [0, 0.05) is 6.42 Å². The first-order valence-electron chi connectivity index (χ1n) is 2.06. The second-order valence-corrected chi connectivity index (χ2v) is 1.48. The van der Waals surface area contributed by atoms with Gasteiger partial charge in [-0.25, -0.2) is 0 Å². The van der Waals surface area contributed by atoms with Crippen LogP contribution in [0.25, 0.3) is 0 Å². The van der Waals surface area contributed by atoms with E-state index >= 15 is 0 Å². The van der Waals surface area contributed by atoms with E-state index in [0.29, 0.717) is 6.29 Å². The molecule has 3 nitrogen and oxygen atoms in total. The third kappa shape index (κ3) is 3.80. The highest BCUT2D eigenvalue weighted by molar-refractivity contribution is 9.06. The fourth-order valence-electron chi connectivity index (χ4n) is 0.215. The number of rotatable bonds is 3. The Kier molecular flexibility index (Phi) is 4.54. The molecule has 0 radical (unpaired) electrons. The molecule has 4 heteroatoms. The van der Waals surface area contributed by atoms with Crippen LogP contribution in [0.2, 0.25) is 0 Å². The lowest BCUT2D eigenvalue weighted by Crippen LogP contribution is -1.95. The summed E-state index contributed by atoms with van der Waals surface area (Å²) in [7, 11) is 0. The fraction of sp³-hybridized carbons (Fsp3) is 0.500. The predicted octanol–water partition coefficient (Wildman–Crippen LogP) is 0.819. The van der Waals surface area contributed by atoms with Crippen LogP contribution in [0, 0.1) is 0 Å². The van der Waals surface area contributed by atoms with Gasteiger partial charge in [-0.3, -0.25) is 4.79 Å². The fourth-order valence-corrected chi connectivity index (χ4v) is 0.377. The van der Waals surface area contributed by atoms with Crippen LogP contribution in [0.3, 0.4) is 0 Å². The maximum absolute atomic E-state index is 10.1. The number of halogens is 1. The number of aldehydes is 1. The highest BCUT2D eigenvalue weighted by Crippen LogP contribution is 1.92. The quantitative estimate of drug-likeness (QED) is 0.605. The number of hydrogen-bond donors (Lipinski definition) is 0. The molecule has 0 aliphatic rings. The first-order chi connectivity index (χ1) is 3.81. The lowest BCUT2D eigenvalue weighted by atomic mass is 10.3. The zero-order valence-corrected chi connectivity index (χ0v) is 5.68. The van der Waals surface area contributed by atoms with Crippen molar-refractivity contribution in [1.82, 2.24) is 0 Å². The zero-order valence-electron chi connectivity index (χ0n) is 4.09. The molecule has 0 unspecified atom stereocenters. The van der Waals surface area contributed by atoms with E-state index in [-0.39, 0.29) is 12.8 Å². The maximum Gasteiger partial charge on any atom is 0.317 e. The predicted molar refractivity (Wildman–Crippen MR) is 30.3 cm³/mol. The molecule has 0 aromatic rings. The van der Waals surface area contributed by atoms with Crippen LogP contribution in [0.4, 0.5) is 0 Å². The molecule has 0 aliphatic heterocycles. The molecule has 0 aromatic heterocycles. The number of carbonyl (C=O) groups is 2. The smallest absolute Gasteiger partial charge is 0.317 e.